The summed E-state index contributed by atoms with van der Waals surface area (Å²) in [6, 6.07) is 0.547. The van der Waals surface area contributed by atoms with Gasteiger partial charge in [-0.05, 0) is 38.9 Å². The molecular formula is C13H27N3O. The van der Waals surface area contributed by atoms with E-state index < -0.39 is 0 Å². The van der Waals surface area contributed by atoms with Crippen molar-refractivity contribution in [2.24, 2.45) is 5.73 Å². The zero-order chi connectivity index (χ0) is 12.5. The Balaban J connectivity index is 2.33. The zero-order valence-corrected chi connectivity index (χ0v) is 11.1. The molecule has 100 valence electrons. The summed E-state index contributed by atoms with van der Waals surface area (Å²) in [6.45, 7) is 5.79. The van der Waals surface area contributed by atoms with Gasteiger partial charge in [0.15, 0.2) is 0 Å². The van der Waals surface area contributed by atoms with Gasteiger partial charge in [0.1, 0.15) is 0 Å². The van der Waals surface area contributed by atoms with Crippen LogP contribution in [0.25, 0.3) is 0 Å². The first-order chi connectivity index (χ1) is 8.24. The number of hydrogen-bond acceptors (Lipinski definition) is 3. The third-order valence-electron chi connectivity index (χ3n) is 3.48. The SMILES string of the molecule is CCCCCCN(CC(N)=O)C1CCNCC1. The second kappa shape index (κ2) is 8.48. The number of rotatable bonds is 8. The molecule has 0 aromatic rings. The number of carbonyl (C=O) groups excluding carboxylic acids is 1. The van der Waals surface area contributed by atoms with E-state index >= 15 is 0 Å². The number of nitrogens with one attached hydrogen (secondary N) is 1. The van der Waals surface area contributed by atoms with Crippen molar-refractivity contribution in [2.45, 2.75) is 51.5 Å². The lowest BCUT2D eigenvalue weighted by Crippen LogP contribution is -2.46. The molecule has 17 heavy (non-hydrogen) atoms. The first kappa shape index (κ1) is 14.5. The molecule has 0 atom stereocenters. The van der Waals surface area contributed by atoms with E-state index in [9.17, 15) is 4.79 Å². The topological polar surface area (TPSA) is 58.4 Å². The van der Waals surface area contributed by atoms with Crippen molar-refractivity contribution in [1.82, 2.24) is 10.2 Å². The van der Waals surface area contributed by atoms with Crippen molar-refractivity contribution in [3.8, 4) is 0 Å². The summed E-state index contributed by atoms with van der Waals surface area (Å²) >= 11 is 0. The highest BCUT2D eigenvalue weighted by molar-refractivity contribution is 5.75. The first-order valence-electron chi connectivity index (χ1n) is 6.97. The van der Waals surface area contributed by atoms with Gasteiger partial charge < -0.3 is 11.1 Å². The van der Waals surface area contributed by atoms with E-state index in [2.05, 4.69) is 17.1 Å². The lowest BCUT2D eigenvalue weighted by molar-refractivity contribution is -0.119. The highest BCUT2D eigenvalue weighted by atomic mass is 16.1. The van der Waals surface area contributed by atoms with Crippen molar-refractivity contribution in [3.05, 3.63) is 0 Å². The van der Waals surface area contributed by atoms with Gasteiger partial charge in [0, 0.05) is 6.04 Å². The van der Waals surface area contributed by atoms with Crippen LogP contribution in [-0.4, -0.2) is 43.0 Å². The summed E-state index contributed by atoms with van der Waals surface area (Å²) < 4.78 is 0. The maximum Gasteiger partial charge on any atom is 0.231 e. The van der Waals surface area contributed by atoms with E-state index in [-0.39, 0.29) is 5.91 Å². The van der Waals surface area contributed by atoms with Crippen LogP contribution in [0.15, 0.2) is 0 Å². The van der Waals surface area contributed by atoms with Crippen molar-refractivity contribution >= 4 is 5.91 Å². The third kappa shape index (κ3) is 6.03. The highest BCUT2D eigenvalue weighted by Crippen LogP contribution is 2.13. The average molecular weight is 241 g/mol. The second-order valence-corrected chi connectivity index (χ2v) is 4.98. The Morgan fingerprint density at radius 2 is 2.00 bits per heavy atom. The summed E-state index contributed by atoms with van der Waals surface area (Å²) in [5.74, 6) is -0.195. The van der Waals surface area contributed by atoms with Crippen LogP contribution in [0.2, 0.25) is 0 Å². The van der Waals surface area contributed by atoms with Gasteiger partial charge in [-0.1, -0.05) is 26.2 Å². The quantitative estimate of drug-likeness (QED) is 0.626. The normalized spacial score (nSPS) is 17.5. The van der Waals surface area contributed by atoms with Gasteiger partial charge in [0.25, 0.3) is 0 Å². The molecular weight excluding hydrogens is 214 g/mol. The summed E-state index contributed by atoms with van der Waals surface area (Å²) in [6.07, 6.45) is 7.27. The third-order valence-corrected chi connectivity index (χ3v) is 3.48. The van der Waals surface area contributed by atoms with Crippen LogP contribution >= 0.6 is 0 Å². The lowest BCUT2D eigenvalue weighted by Gasteiger charge is -2.33. The maximum absolute atomic E-state index is 11.1. The van der Waals surface area contributed by atoms with E-state index in [1.165, 1.54) is 25.7 Å². The van der Waals surface area contributed by atoms with Crippen molar-refractivity contribution in [1.29, 1.82) is 0 Å². The molecule has 0 saturated carbocycles. The largest absolute Gasteiger partial charge is 0.369 e. The Kier molecular flexibility index (Phi) is 7.21. The fourth-order valence-electron chi connectivity index (χ4n) is 2.50. The molecule has 1 rings (SSSR count). The predicted molar refractivity (Wildman–Crippen MR) is 70.8 cm³/mol. The van der Waals surface area contributed by atoms with Gasteiger partial charge in [-0.15, -0.1) is 0 Å². The van der Waals surface area contributed by atoms with E-state index in [0.717, 1.165) is 32.5 Å². The lowest BCUT2D eigenvalue weighted by atomic mass is 10.0. The Morgan fingerprint density at radius 1 is 1.29 bits per heavy atom. The summed E-state index contributed by atoms with van der Waals surface area (Å²) in [5.41, 5.74) is 5.33. The summed E-state index contributed by atoms with van der Waals surface area (Å²) in [4.78, 5) is 13.4. The number of hydrogen-bond donors (Lipinski definition) is 2. The van der Waals surface area contributed by atoms with Crippen LogP contribution in [0.5, 0.6) is 0 Å². The van der Waals surface area contributed by atoms with Gasteiger partial charge in [-0.25, -0.2) is 0 Å². The van der Waals surface area contributed by atoms with Crippen molar-refractivity contribution in [3.63, 3.8) is 0 Å². The van der Waals surface area contributed by atoms with Gasteiger partial charge in [0.05, 0.1) is 6.54 Å². The van der Waals surface area contributed by atoms with Gasteiger partial charge in [-0.2, -0.15) is 0 Å². The molecule has 0 radical (unpaired) electrons. The minimum absolute atomic E-state index is 0.195. The van der Waals surface area contributed by atoms with Crippen LogP contribution in [-0.2, 0) is 4.79 Å². The molecule has 0 aliphatic carbocycles. The Hall–Kier alpha value is -0.610. The molecule has 1 heterocycles. The monoisotopic (exact) mass is 241 g/mol. The molecule has 1 aliphatic rings. The predicted octanol–water partition coefficient (Wildman–Crippen LogP) is 1.11. The molecule has 4 heteroatoms. The van der Waals surface area contributed by atoms with Crippen LogP contribution in [0.3, 0.4) is 0 Å². The Labute approximate surface area is 105 Å². The van der Waals surface area contributed by atoms with Crippen LogP contribution in [0.1, 0.15) is 45.4 Å². The number of unbranched alkanes of at least 4 members (excludes halogenated alkanes) is 3. The minimum Gasteiger partial charge on any atom is -0.369 e. The average Bonchev–Trinajstić information content (AvgIpc) is 2.34. The molecule has 4 nitrogen and oxygen atoms in total. The summed E-state index contributed by atoms with van der Waals surface area (Å²) in [5, 5.41) is 3.36. The number of nitrogens with zero attached hydrogens (tertiary/aromatic N) is 1. The van der Waals surface area contributed by atoms with Crippen molar-refractivity contribution < 1.29 is 4.79 Å². The van der Waals surface area contributed by atoms with E-state index in [1.54, 1.807) is 0 Å². The number of nitrogens with two attached hydrogens (primary N) is 1. The highest BCUT2D eigenvalue weighted by Gasteiger charge is 2.21. The zero-order valence-electron chi connectivity index (χ0n) is 11.1. The van der Waals surface area contributed by atoms with Gasteiger partial charge in [0.2, 0.25) is 5.91 Å². The van der Waals surface area contributed by atoms with Gasteiger partial charge >= 0.3 is 0 Å². The molecule has 0 aromatic heterocycles. The summed E-state index contributed by atoms with van der Waals surface area (Å²) in [7, 11) is 0. The molecule has 3 N–H and O–H groups in total. The minimum atomic E-state index is -0.195. The fourth-order valence-corrected chi connectivity index (χ4v) is 2.50. The van der Waals surface area contributed by atoms with Crippen LogP contribution < -0.4 is 11.1 Å². The molecule has 0 unspecified atom stereocenters. The molecule has 1 fully saturated rings. The number of carbonyl (C=O) groups is 1. The number of amides is 1. The molecule has 0 spiro atoms. The Bertz CT molecular complexity index is 215. The molecule has 1 saturated heterocycles. The standard InChI is InChI=1S/C13H27N3O/c1-2-3-4-5-10-16(11-13(14)17)12-6-8-15-9-7-12/h12,15H,2-11H2,1H3,(H2,14,17). The van der Waals surface area contributed by atoms with Gasteiger partial charge in [-0.3, -0.25) is 9.69 Å². The van der Waals surface area contributed by atoms with E-state index in [4.69, 9.17) is 5.73 Å². The van der Waals surface area contributed by atoms with E-state index in [1.807, 2.05) is 0 Å². The smallest absolute Gasteiger partial charge is 0.231 e. The number of piperidine rings is 1. The van der Waals surface area contributed by atoms with Crippen molar-refractivity contribution in [2.75, 3.05) is 26.2 Å². The second-order valence-electron chi connectivity index (χ2n) is 4.98. The molecule has 1 aliphatic heterocycles. The molecule has 0 aromatic carbocycles. The molecule has 1 amide bonds. The molecule has 0 bridgehead atoms. The van der Waals surface area contributed by atoms with Crippen LogP contribution in [0, 0.1) is 0 Å². The van der Waals surface area contributed by atoms with E-state index in [0.29, 0.717) is 12.6 Å². The van der Waals surface area contributed by atoms with Crippen LogP contribution in [0.4, 0.5) is 0 Å². The fraction of sp³-hybridized carbons (Fsp3) is 0.923. The first-order valence-corrected chi connectivity index (χ1v) is 6.97. The Morgan fingerprint density at radius 3 is 2.59 bits per heavy atom. The maximum atomic E-state index is 11.1. The number of primary amides is 1.